The predicted octanol–water partition coefficient (Wildman–Crippen LogP) is -0.166. The van der Waals surface area contributed by atoms with Crippen LogP contribution in [0.3, 0.4) is 0 Å². The van der Waals surface area contributed by atoms with E-state index in [1.807, 2.05) is 0 Å². The number of hydrogen-bond acceptors (Lipinski definition) is 5. The van der Waals surface area contributed by atoms with Gasteiger partial charge in [0.1, 0.15) is 9.84 Å². The smallest absolute Gasteiger partial charge is 0.151 e. The van der Waals surface area contributed by atoms with Gasteiger partial charge in [0.2, 0.25) is 0 Å². The van der Waals surface area contributed by atoms with Crippen LogP contribution in [0.25, 0.3) is 0 Å². The molecular formula is C9H21NO4S2. The Morgan fingerprint density at radius 2 is 1.75 bits per heavy atom. The lowest BCUT2D eigenvalue weighted by atomic mass is 10.3. The summed E-state index contributed by atoms with van der Waals surface area (Å²) in [5.74, 6) is 0.373. The van der Waals surface area contributed by atoms with Crippen LogP contribution in [0, 0.1) is 0 Å². The summed E-state index contributed by atoms with van der Waals surface area (Å²) >= 11 is 0. The first-order valence-electron chi connectivity index (χ1n) is 5.28. The standard InChI is InChI=1S/C9H21NO4S2/c1-4-16(13,14)8-9(2)10-6-5-7-15(3,11)12/h9-10H,4-8H2,1-3H3. The maximum Gasteiger partial charge on any atom is 0.151 e. The molecule has 0 aliphatic carbocycles. The molecule has 1 atom stereocenters. The molecule has 0 aliphatic heterocycles. The highest BCUT2D eigenvalue weighted by atomic mass is 32.2. The maximum absolute atomic E-state index is 11.3. The SMILES string of the molecule is CCS(=O)(=O)CC(C)NCCCS(C)(=O)=O. The van der Waals surface area contributed by atoms with Crippen LogP contribution in [0.2, 0.25) is 0 Å². The first-order valence-corrected chi connectivity index (χ1v) is 9.16. The van der Waals surface area contributed by atoms with Gasteiger partial charge in [0, 0.05) is 18.1 Å². The van der Waals surface area contributed by atoms with Crippen molar-refractivity contribution in [1.82, 2.24) is 5.32 Å². The molecule has 0 rings (SSSR count). The third-order valence-corrected chi connectivity index (χ3v) is 5.05. The van der Waals surface area contributed by atoms with E-state index in [1.54, 1.807) is 13.8 Å². The van der Waals surface area contributed by atoms with Crippen molar-refractivity contribution in [3.05, 3.63) is 0 Å². The van der Waals surface area contributed by atoms with E-state index in [0.717, 1.165) is 0 Å². The molecule has 0 bridgehead atoms. The normalized spacial score (nSPS) is 14.9. The topological polar surface area (TPSA) is 80.3 Å². The Balaban J connectivity index is 3.79. The molecule has 7 heteroatoms. The minimum atomic E-state index is -2.97. The number of nitrogens with one attached hydrogen (secondary N) is 1. The van der Waals surface area contributed by atoms with Gasteiger partial charge in [0.25, 0.3) is 0 Å². The van der Waals surface area contributed by atoms with Crippen LogP contribution >= 0.6 is 0 Å². The average Bonchev–Trinajstić information content (AvgIpc) is 2.10. The molecule has 16 heavy (non-hydrogen) atoms. The van der Waals surface area contributed by atoms with Crippen molar-refractivity contribution in [2.24, 2.45) is 0 Å². The van der Waals surface area contributed by atoms with Gasteiger partial charge < -0.3 is 5.32 Å². The second kappa shape index (κ2) is 6.56. The fourth-order valence-corrected chi connectivity index (χ4v) is 3.02. The highest BCUT2D eigenvalue weighted by molar-refractivity contribution is 7.91. The number of sulfone groups is 2. The molecular weight excluding hydrogens is 250 g/mol. The van der Waals surface area contributed by atoms with E-state index in [2.05, 4.69) is 5.32 Å². The lowest BCUT2D eigenvalue weighted by molar-refractivity contribution is 0.551. The Bertz CT molecular complexity index is 386. The second-order valence-electron chi connectivity index (χ2n) is 4.04. The largest absolute Gasteiger partial charge is 0.313 e. The average molecular weight is 271 g/mol. The van der Waals surface area contributed by atoms with Crippen LogP contribution in [-0.4, -0.2) is 52.9 Å². The summed E-state index contributed by atoms with van der Waals surface area (Å²) in [4.78, 5) is 0. The summed E-state index contributed by atoms with van der Waals surface area (Å²) in [5.41, 5.74) is 0. The Hall–Kier alpha value is -0.140. The molecule has 0 saturated heterocycles. The molecule has 0 spiro atoms. The van der Waals surface area contributed by atoms with Gasteiger partial charge in [-0.3, -0.25) is 0 Å². The van der Waals surface area contributed by atoms with Gasteiger partial charge in [0.15, 0.2) is 9.84 Å². The highest BCUT2D eigenvalue weighted by Crippen LogP contribution is 1.95. The van der Waals surface area contributed by atoms with Crippen LogP contribution in [0.4, 0.5) is 0 Å². The van der Waals surface area contributed by atoms with E-state index < -0.39 is 19.7 Å². The number of hydrogen-bond donors (Lipinski definition) is 1. The van der Waals surface area contributed by atoms with E-state index in [-0.39, 0.29) is 23.3 Å². The third kappa shape index (κ3) is 9.11. The van der Waals surface area contributed by atoms with Crippen molar-refractivity contribution in [2.45, 2.75) is 26.3 Å². The van der Waals surface area contributed by atoms with Crippen molar-refractivity contribution in [3.63, 3.8) is 0 Å². The molecule has 98 valence electrons. The van der Waals surface area contributed by atoms with E-state index in [0.29, 0.717) is 13.0 Å². The minimum Gasteiger partial charge on any atom is -0.313 e. The summed E-state index contributed by atoms with van der Waals surface area (Å²) in [7, 11) is -5.89. The van der Waals surface area contributed by atoms with Crippen molar-refractivity contribution < 1.29 is 16.8 Å². The van der Waals surface area contributed by atoms with Gasteiger partial charge >= 0.3 is 0 Å². The lowest BCUT2D eigenvalue weighted by Crippen LogP contribution is -2.34. The molecule has 0 aromatic rings. The monoisotopic (exact) mass is 271 g/mol. The van der Waals surface area contributed by atoms with Crippen LogP contribution in [0.15, 0.2) is 0 Å². The van der Waals surface area contributed by atoms with Crippen molar-refractivity contribution in [2.75, 3.05) is 30.1 Å². The Kier molecular flexibility index (Phi) is 6.50. The van der Waals surface area contributed by atoms with E-state index in [9.17, 15) is 16.8 Å². The molecule has 1 unspecified atom stereocenters. The Morgan fingerprint density at radius 1 is 1.19 bits per heavy atom. The third-order valence-electron chi connectivity index (χ3n) is 2.13. The fourth-order valence-electron chi connectivity index (χ4n) is 1.24. The quantitative estimate of drug-likeness (QED) is 0.620. The van der Waals surface area contributed by atoms with Gasteiger partial charge in [-0.05, 0) is 19.9 Å². The summed E-state index contributed by atoms with van der Waals surface area (Å²) in [6.07, 6.45) is 1.70. The fraction of sp³-hybridized carbons (Fsp3) is 1.00. The summed E-state index contributed by atoms with van der Waals surface area (Å²) in [6, 6.07) is -0.135. The zero-order chi connectivity index (χ0) is 12.8. The van der Waals surface area contributed by atoms with Gasteiger partial charge in [-0.25, -0.2) is 16.8 Å². The summed E-state index contributed by atoms with van der Waals surface area (Å²) < 4.78 is 44.2. The van der Waals surface area contributed by atoms with Gasteiger partial charge in [-0.15, -0.1) is 0 Å². The zero-order valence-corrected chi connectivity index (χ0v) is 11.7. The molecule has 0 radical (unpaired) electrons. The van der Waals surface area contributed by atoms with Crippen molar-refractivity contribution in [3.8, 4) is 0 Å². The van der Waals surface area contributed by atoms with Crippen LogP contribution < -0.4 is 5.32 Å². The van der Waals surface area contributed by atoms with Crippen LogP contribution in [0.5, 0.6) is 0 Å². The van der Waals surface area contributed by atoms with E-state index >= 15 is 0 Å². The molecule has 0 heterocycles. The Morgan fingerprint density at radius 3 is 2.19 bits per heavy atom. The molecule has 0 aromatic heterocycles. The molecule has 1 N–H and O–H groups in total. The van der Waals surface area contributed by atoms with Crippen LogP contribution in [-0.2, 0) is 19.7 Å². The molecule has 0 amide bonds. The molecule has 5 nitrogen and oxygen atoms in total. The van der Waals surface area contributed by atoms with Gasteiger partial charge in [0.05, 0.1) is 11.5 Å². The predicted molar refractivity (Wildman–Crippen MR) is 66.1 cm³/mol. The lowest BCUT2D eigenvalue weighted by Gasteiger charge is -2.12. The van der Waals surface area contributed by atoms with Crippen LogP contribution in [0.1, 0.15) is 20.3 Å². The van der Waals surface area contributed by atoms with Crippen molar-refractivity contribution in [1.29, 1.82) is 0 Å². The van der Waals surface area contributed by atoms with Gasteiger partial charge in [-0.2, -0.15) is 0 Å². The first-order chi connectivity index (χ1) is 7.16. The highest BCUT2D eigenvalue weighted by Gasteiger charge is 2.12. The van der Waals surface area contributed by atoms with E-state index in [4.69, 9.17) is 0 Å². The second-order valence-corrected chi connectivity index (χ2v) is 8.70. The van der Waals surface area contributed by atoms with E-state index in [1.165, 1.54) is 6.26 Å². The molecule has 0 aliphatic rings. The molecule has 0 fully saturated rings. The molecule has 0 aromatic carbocycles. The zero-order valence-electron chi connectivity index (χ0n) is 10.1. The Labute approximate surface area is 98.5 Å². The molecule has 0 saturated carbocycles. The maximum atomic E-state index is 11.3. The van der Waals surface area contributed by atoms with Crippen molar-refractivity contribution >= 4 is 19.7 Å². The summed E-state index contributed by atoms with van der Waals surface area (Å²) in [6.45, 7) is 3.92. The van der Waals surface area contributed by atoms with Gasteiger partial charge in [-0.1, -0.05) is 6.92 Å². The first kappa shape index (κ1) is 15.9. The number of rotatable bonds is 8. The summed E-state index contributed by atoms with van der Waals surface area (Å²) in [5, 5.41) is 3.00. The minimum absolute atomic E-state index is 0.0996.